The van der Waals surface area contributed by atoms with Gasteiger partial charge >= 0.3 is 0 Å². The summed E-state index contributed by atoms with van der Waals surface area (Å²) in [5.41, 5.74) is 7.12. The molecule has 3 unspecified atom stereocenters. The Morgan fingerprint density at radius 3 is 2.68 bits per heavy atom. The van der Waals surface area contributed by atoms with Gasteiger partial charge in [0, 0.05) is 10.0 Å². The minimum Gasteiger partial charge on any atom is -0.330 e. The van der Waals surface area contributed by atoms with Gasteiger partial charge in [-0.25, -0.2) is 0 Å². The molecule has 1 aliphatic carbocycles. The fraction of sp³-hybridized carbons (Fsp3) is 0.625. The Kier molecular flexibility index (Phi) is 5.56. The highest BCUT2D eigenvalue weighted by Gasteiger charge is 2.29. The maximum atomic E-state index is 6.29. The van der Waals surface area contributed by atoms with Gasteiger partial charge in [-0.1, -0.05) is 43.0 Å². The van der Waals surface area contributed by atoms with Gasteiger partial charge in [-0.2, -0.15) is 0 Å². The maximum Gasteiger partial charge on any atom is 0.0439 e. The van der Waals surface area contributed by atoms with Gasteiger partial charge < -0.3 is 5.73 Å². The van der Waals surface area contributed by atoms with Crippen LogP contribution in [0.2, 0.25) is 10.0 Å². The molecule has 3 heteroatoms. The van der Waals surface area contributed by atoms with Gasteiger partial charge in [0.05, 0.1) is 0 Å². The number of rotatable bonds is 4. The fourth-order valence-electron chi connectivity index (χ4n) is 3.34. The second-order valence-electron chi connectivity index (χ2n) is 5.78. The van der Waals surface area contributed by atoms with Crippen molar-refractivity contribution in [3.63, 3.8) is 0 Å². The lowest BCUT2D eigenvalue weighted by atomic mass is 9.71. The average Bonchev–Trinajstić information content (AvgIpc) is 2.42. The molecule has 2 N–H and O–H groups in total. The largest absolute Gasteiger partial charge is 0.330 e. The summed E-state index contributed by atoms with van der Waals surface area (Å²) >= 11 is 12.4. The summed E-state index contributed by atoms with van der Waals surface area (Å²) in [5.74, 6) is 2.14. The quantitative estimate of drug-likeness (QED) is 0.837. The summed E-state index contributed by atoms with van der Waals surface area (Å²) in [6.07, 6.45) is 6.16. The number of hydrogen-bond donors (Lipinski definition) is 1. The van der Waals surface area contributed by atoms with E-state index < -0.39 is 0 Å². The summed E-state index contributed by atoms with van der Waals surface area (Å²) < 4.78 is 0. The number of hydrogen-bond acceptors (Lipinski definition) is 1. The Labute approximate surface area is 126 Å². The van der Waals surface area contributed by atoms with Crippen LogP contribution in [0.3, 0.4) is 0 Å². The van der Waals surface area contributed by atoms with Gasteiger partial charge in [0.2, 0.25) is 0 Å². The molecule has 2 rings (SSSR count). The van der Waals surface area contributed by atoms with E-state index in [2.05, 4.69) is 6.92 Å². The number of halogens is 2. The third-order valence-corrected chi connectivity index (χ3v) is 5.22. The zero-order valence-corrected chi connectivity index (χ0v) is 13.1. The molecular weight excluding hydrogens is 277 g/mol. The first-order valence-electron chi connectivity index (χ1n) is 7.28. The topological polar surface area (TPSA) is 26.0 Å². The van der Waals surface area contributed by atoms with Crippen molar-refractivity contribution in [1.82, 2.24) is 0 Å². The van der Waals surface area contributed by atoms with E-state index in [4.69, 9.17) is 28.9 Å². The van der Waals surface area contributed by atoms with E-state index >= 15 is 0 Å². The van der Waals surface area contributed by atoms with E-state index in [0.717, 1.165) is 28.9 Å². The van der Waals surface area contributed by atoms with Crippen molar-refractivity contribution in [2.24, 2.45) is 23.5 Å². The van der Waals surface area contributed by atoms with E-state index in [9.17, 15) is 0 Å². The Bertz CT molecular complexity index is 419. The summed E-state index contributed by atoms with van der Waals surface area (Å²) in [5, 5.41) is 1.60. The molecule has 0 heterocycles. The third-order valence-electron chi connectivity index (χ3n) is 4.62. The normalized spacial score (nSPS) is 27.5. The minimum absolute atomic E-state index is 0.637. The summed E-state index contributed by atoms with van der Waals surface area (Å²) in [6, 6.07) is 5.76. The molecule has 1 aliphatic rings. The molecule has 1 aromatic carbocycles. The third kappa shape index (κ3) is 3.87. The van der Waals surface area contributed by atoms with Gasteiger partial charge in [-0.05, 0) is 67.3 Å². The molecule has 0 aliphatic heterocycles. The smallest absolute Gasteiger partial charge is 0.0439 e. The van der Waals surface area contributed by atoms with Crippen LogP contribution in [-0.2, 0) is 6.42 Å². The fourth-order valence-corrected chi connectivity index (χ4v) is 3.73. The van der Waals surface area contributed by atoms with Crippen LogP contribution in [0.1, 0.15) is 38.2 Å². The van der Waals surface area contributed by atoms with Gasteiger partial charge in [0.1, 0.15) is 0 Å². The van der Waals surface area contributed by atoms with E-state index in [-0.39, 0.29) is 0 Å². The molecule has 3 atom stereocenters. The van der Waals surface area contributed by atoms with Gasteiger partial charge in [0.15, 0.2) is 0 Å². The van der Waals surface area contributed by atoms with Crippen LogP contribution in [0.5, 0.6) is 0 Å². The standard InChI is InChI=1S/C16H23Cl2N/c1-2-11-3-4-12(10-19)13(7-11)8-14-9-15(17)5-6-16(14)18/h5-6,9,11-13H,2-4,7-8,10,19H2,1H3. The molecule has 0 spiro atoms. The van der Waals surface area contributed by atoms with Crippen molar-refractivity contribution in [2.45, 2.75) is 39.0 Å². The molecule has 19 heavy (non-hydrogen) atoms. The lowest BCUT2D eigenvalue weighted by Gasteiger charge is -2.35. The van der Waals surface area contributed by atoms with Crippen LogP contribution < -0.4 is 5.73 Å². The van der Waals surface area contributed by atoms with Crippen LogP contribution in [0.4, 0.5) is 0 Å². The molecule has 106 valence electrons. The highest BCUT2D eigenvalue weighted by Crippen LogP contribution is 2.38. The van der Waals surface area contributed by atoms with E-state index in [1.165, 1.54) is 31.2 Å². The van der Waals surface area contributed by atoms with Crippen LogP contribution in [0.25, 0.3) is 0 Å². The predicted octanol–water partition coefficient (Wildman–Crippen LogP) is 4.94. The SMILES string of the molecule is CCC1CCC(CN)C(Cc2cc(Cl)ccc2Cl)C1. The van der Waals surface area contributed by atoms with E-state index in [0.29, 0.717) is 11.8 Å². The Morgan fingerprint density at radius 1 is 1.21 bits per heavy atom. The first kappa shape index (κ1) is 15.2. The molecule has 1 saturated carbocycles. The summed E-state index contributed by atoms with van der Waals surface area (Å²) in [7, 11) is 0. The van der Waals surface area contributed by atoms with Crippen molar-refractivity contribution in [3.8, 4) is 0 Å². The Balaban J connectivity index is 2.11. The van der Waals surface area contributed by atoms with Gasteiger partial charge in [0.25, 0.3) is 0 Å². The first-order valence-corrected chi connectivity index (χ1v) is 8.03. The lowest BCUT2D eigenvalue weighted by Crippen LogP contribution is -2.31. The van der Waals surface area contributed by atoms with Crippen molar-refractivity contribution in [1.29, 1.82) is 0 Å². The highest BCUT2D eigenvalue weighted by atomic mass is 35.5. The summed E-state index contributed by atoms with van der Waals surface area (Å²) in [6.45, 7) is 3.08. The van der Waals surface area contributed by atoms with Crippen molar-refractivity contribution in [2.75, 3.05) is 6.54 Å². The minimum atomic E-state index is 0.637. The zero-order valence-electron chi connectivity index (χ0n) is 11.5. The molecule has 0 aromatic heterocycles. The molecule has 1 nitrogen and oxygen atoms in total. The first-order chi connectivity index (χ1) is 9.13. The van der Waals surface area contributed by atoms with Crippen LogP contribution >= 0.6 is 23.2 Å². The molecule has 1 aromatic rings. The zero-order chi connectivity index (χ0) is 13.8. The second-order valence-corrected chi connectivity index (χ2v) is 6.63. The Hall–Kier alpha value is -0.240. The van der Waals surface area contributed by atoms with E-state index in [1.807, 2.05) is 18.2 Å². The maximum absolute atomic E-state index is 6.29. The molecule has 0 bridgehead atoms. The van der Waals surface area contributed by atoms with Crippen molar-refractivity contribution < 1.29 is 0 Å². The molecule has 1 fully saturated rings. The van der Waals surface area contributed by atoms with E-state index in [1.54, 1.807) is 0 Å². The molecule has 0 radical (unpaired) electrons. The summed E-state index contributed by atoms with van der Waals surface area (Å²) in [4.78, 5) is 0. The Morgan fingerprint density at radius 2 is 2.00 bits per heavy atom. The lowest BCUT2D eigenvalue weighted by molar-refractivity contribution is 0.180. The van der Waals surface area contributed by atoms with Crippen LogP contribution in [0, 0.1) is 17.8 Å². The molecule has 0 amide bonds. The second kappa shape index (κ2) is 6.97. The van der Waals surface area contributed by atoms with Crippen molar-refractivity contribution in [3.05, 3.63) is 33.8 Å². The van der Waals surface area contributed by atoms with Crippen LogP contribution in [-0.4, -0.2) is 6.54 Å². The highest BCUT2D eigenvalue weighted by molar-refractivity contribution is 6.33. The van der Waals surface area contributed by atoms with Crippen LogP contribution in [0.15, 0.2) is 18.2 Å². The van der Waals surface area contributed by atoms with Crippen molar-refractivity contribution >= 4 is 23.2 Å². The average molecular weight is 300 g/mol. The monoisotopic (exact) mass is 299 g/mol. The predicted molar refractivity (Wildman–Crippen MR) is 83.8 cm³/mol. The number of nitrogens with two attached hydrogens (primary N) is 1. The molecular formula is C16H23Cl2N. The number of benzene rings is 1. The molecule has 0 saturated heterocycles. The van der Waals surface area contributed by atoms with Gasteiger partial charge in [-0.15, -0.1) is 0 Å². The van der Waals surface area contributed by atoms with Gasteiger partial charge in [-0.3, -0.25) is 0 Å².